The predicted octanol–water partition coefficient (Wildman–Crippen LogP) is 2.50. The Kier molecular flexibility index (Phi) is 4.96. The molecule has 2 aliphatic rings. The molecule has 0 bridgehead atoms. The molecule has 0 amide bonds. The van der Waals surface area contributed by atoms with Crippen LogP contribution in [-0.4, -0.2) is 51.3 Å². The first-order chi connectivity index (χ1) is 12.9. The van der Waals surface area contributed by atoms with E-state index in [4.69, 9.17) is 5.73 Å². The number of nitrogens with two attached hydrogens (primary N) is 1. The lowest BCUT2D eigenvalue weighted by Gasteiger charge is -2.46. The Morgan fingerprint density at radius 2 is 2.15 bits per heavy atom. The highest BCUT2D eigenvalue weighted by atomic mass is 19.1. The van der Waals surface area contributed by atoms with Crippen molar-refractivity contribution in [3.8, 4) is 0 Å². The highest BCUT2D eigenvalue weighted by Crippen LogP contribution is 2.36. The number of aromatic amines is 1. The maximum atomic E-state index is 14.4. The lowest BCUT2D eigenvalue weighted by molar-refractivity contribution is 0.0287. The number of aromatic nitrogens is 2. The molecule has 0 aliphatic carbocycles. The van der Waals surface area contributed by atoms with Gasteiger partial charge in [0.05, 0.1) is 17.9 Å². The number of H-pyrrole nitrogens is 1. The molecule has 27 heavy (non-hydrogen) atoms. The van der Waals surface area contributed by atoms with Crippen molar-refractivity contribution in [2.75, 3.05) is 13.1 Å². The first-order valence-electron chi connectivity index (χ1n) is 9.26. The molecule has 3 N–H and O–H groups in total. The molecule has 1 aromatic carbocycles. The van der Waals surface area contributed by atoms with E-state index in [1.54, 1.807) is 0 Å². The van der Waals surface area contributed by atoms with Crippen molar-refractivity contribution in [2.45, 2.75) is 50.7 Å². The number of piperidine rings is 1. The zero-order chi connectivity index (χ0) is 19.1. The molecule has 0 radical (unpaired) electrons. The van der Waals surface area contributed by atoms with Crippen molar-refractivity contribution in [1.82, 2.24) is 20.0 Å². The van der Waals surface area contributed by atoms with Crippen LogP contribution in [0, 0.1) is 11.6 Å². The van der Waals surface area contributed by atoms with E-state index in [0.29, 0.717) is 13.0 Å². The molecule has 1 aromatic heterocycles. The van der Waals surface area contributed by atoms with Gasteiger partial charge in [0.2, 0.25) is 0 Å². The van der Waals surface area contributed by atoms with Crippen molar-refractivity contribution in [1.29, 1.82) is 0 Å². The predicted molar refractivity (Wildman–Crippen MR) is 95.5 cm³/mol. The third-order valence-electron chi connectivity index (χ3n) is 5.61. The van der Waals surface area contributed by atoms with E-state index >= 15 is 0 Å². The first-order valence-corrected chi connectivity index (χ1v) is 9.26. The van der Waals surface area contributed by atoms with E-state index in [-0.39, 0.29) is 18.2 Å². The van der Waals surface area contributed by atoms with E-state index in [0.717, 1.165) is 36.5 Å². The number of fused-ring (bicyclic) bond motifs is 1. The second-order valence-corrected chi connectivity index (χ2v) is 7.68. The van der Waals surface area contributed by atoms with Crippen molar-refractivity contribution in [2.24, 2.45) is 5.73 Å². The summed E-state index contributed by atoms with van der Waals surface area (Å²) in [6.45, 7) is 3.66. The summed E-state index contributed by atoms with van der Waals surface area (Å²) >= 11 is 0. The summed E-state index contributed by atoms with van der Waals surface area (Å²) in [5.74, 6) is -1.02. The summed E-state index contributed by atoms with van der Waals surface area (Å²) in [7, 11) is 0. The van der Waals surface area contributed by atoms with Crippen molar-refractivity contribution < 1.29 is 13.2 Å². The van der Waals surface area contributed by atoms with Crippen LogP contribution in [0.1, 0.15) is 36.2 Å². The van der Waals surface area contributed by atoms with Gasteiger partial charge in [0.25, 0.3) is 0 Å². The summed E-state index contributed by atoms with van der Waals surface area (Å²) in [6, 6.07) is 2.54. The molecule has 0 saturated carbocycles. The van der Waals surface area contributed by atoms with Gasteiger partial charge < -0.3 is 5.73 Å². The molecule has 3 heterocycles. The summed E-state index contributed by atoms with van der Waals surface area (Å²) in [5, 5.41) is 7.05. The fourth-order valence-electron chi connectivity index (χ4n) is 4.46. The molecule has 1 fully saturated rings. The van der Waals surface area contributed by atoms with E-state index < -0.39 is 29.9 Å². The van der Waals surface area contributed by atoms with Gasteiger partial charge in [0, 0.05) is 49.4 Å². The van der Waals surface area contributed by atoms with Crippen LogP contribution in [0.25, 0.3) is 0 Å². The third kappa shape index (κ3) is 3.61. The standard InChI is InChI=1S/C19H24F3N5/c1-11(20)7-27-9-14(26-8-12-6-24-25-18(12)10-26)5-17(23)19(27)15-4-13(21)2-3-16(15)22/h2-4,6,11,14,17,19H,5,7-10,23H2,1H3,(H,24,25)/t11-,14-,17+,19-/m1/s1. The molecule has 2 aliphatic heterocycles. The number of hydrogen-bond acceptors (Lipinski definition) is 4. The number of nitrogens with zero attached hydrogens (tertiary/aromatic N) is 3. The summed E-state index contributed by atoms with van der Waals surface area (Å²) in [4.78, 5) is 4.16. The summed E-state index contributed by atoms with van der Waals surface area (Å²) in [5.41, 5.74) is 8.89. The molecule has 0 unspecified atom stereocenters. The van der Waals surface area contributed by atoms with Gasteiger partial charge in [-0.25, -0.2) is 13.2 Å². The highest BCUT2D eigenvalue weighted by Gasteiger charge is 2.40. The Morgan fingerprint density at radius 1 is 1.33 bits per heavy atom. The largest absolute Gasteiger partial charge is 0.326 e. The first kappa shape index (κ1) is 18.5. The molecule has 4 rings (SSSR count). The van der Waals surface area contributed by atoms with Crippen LogP contribution >= 0.6 is 0 Å². The van der Waals surface area contributed by atoms with Crippen LogP contribution in [0.5, 0.6) is 0 Å². The zero-order valence-electron chi connectivity index (χ0n) is 15.2. The topological polar surface area (TPSA) is 61.2 Å². The molecule has 146 valence electrons. The van der Waals surface area contributed by atoms with Crippen LogP contribution < -0.4 is 5.73 Å². The van der Waals surface area contributed by atoms with Crippen molar-refractivity contribution in [3.63, 3.8) is 0 Å². The number of nitrogens with one attached hydrogen (secondary N) is 1. The Bertz CT molecular complexity index is 788. The van der Waals surface area contributed by atoms with E-state index in [1.807, 2.05) is 11.1 Å². The maximum Gasteiger partial charge on any atom is 0.128 e. The molecule has 2 aromatic rings. The van der Waals surface area contributed by atoms with E-state index in [9.17, 15) is 13.2 Å². The second kappa shape index (κ2) is 7.26. The lowest BCUT2D eigenvalue weighted by Crippen LogP contribution is -2.56. The molecule has 5 nitrogen and oxygen atoms in total. The van der Waals surface area contributed by atoms with Crippen LogP contribution in [0.4, 0.5) is 13.2 Å². The average molecular weight is 379 g/mol. The number of alkyl halides is 1. The van der Waals surface area contributed by atoms with Gasteiger partial charge in [-0.2, -0.15) is 5.10 Å². The molecule has 8 heteroatoms. The number of likely N-dealkylation sites (tertiary alicyclic amines) is 1. The van der Waals surface area contributed by atoms with Crippen molar-refractivity contribution >= 4 is 0 Å². The number of hydrogen-bond donors (Lipinski definition) is 2. The molecule has 4 atom stereocenters. The SMILES string of the molecule is C[C@@H](F)CN1C[C@H](N2Cc3cn[nH]c3C2)C[C@H](N)[C@H]1c1cc(F)ccc1F. The molecule has 0 spiro atoms. The molecule has 1 saturated heterocycles. The monoisotopic (exact) mass is 379 g/mol. The fourth-order valence-corrected chi connectivity index (χ4v) is 4.46. The van der Waals surface area contributed by atoms with Gasteiger partial charge in [0.15, 0.2) is 0 Å². The Morgan fingerprint density at radius 3 is 2.89 bits per heavy atom. The second-order valence-electron chi connectivity index (χ2n) is 7.68. The smallest absolute Gasteiger partial charge is 0.128 e. The number of rotatable bonds is 4. The van der Waals surface area contributed by atoms with E-state index in [1.165, 1.54) is 13.0 Å². The fraction of sp³-hybridized carbons (Fsp3) is 0.526. The molecular formula is C19H24F3N5. The van der Waals surface area contributed by atoms with Crippen LogP contribution in [0.3, 0.4) is 0 Å². The summed E-state index contributed by atoms with van der Waals surface area (Å²) < 4.78 is 42.0. The highest BCUT2D eigenvalue weighted by molar-refractivity contribution is 5.26. The van der Waals surface area contributed by atoms with Gasteiger partial charge in [-0.1, -0.05) is 0 Å². The Hall–Kier alpha value is -1.90. The average Bonchev–Trinajstić information content (AvgIpc) is 3.18. The minimum absolute atomic E-state index is 0.118. The van der Waals surface area contributed by atoms with Gasteiger partial charge in [-0.3, -0.25) is 14.9 Å². The van der Waals surface area contributed by atoms with Crippen LogP contribution in [-0.2, 0) is 13.1 Å². The van der Waals surface area contributed by atoms with Crippen molar-refractivity contribution in [3.05, 3.63) is 52.9 Å². The van der Waals surface area contributed by atoms with Crippen LogP contribution in [0.15, 0.2) is 24.4 Å². The Labute approximate surface area is 156 Å². The van der Waals surface area contributed by atoms with Gasteiger partial charge in [-0.15, -0.1) is 0 Å². The lowest BCUT2D eigenvalue weighted by atomic mass is 9.87. The maximum absolute atomic E-state index is 14.4. The van der Waals surface area contributed by atoms with Gasteiger partial charge in [-0.05, 0) is 31.5 Å². The third-order valence-corrected chi connectivity index (χ3v) is 5.61. The van der Waals surface area contributed by atoms with E-state index in [2.05, 4.69) is 15.1 Å². The number of benzene rings is 1. The summed E-state index contributed by atoms with van der Waals surface area (Å²) in [6.07, 6.45) is 1.37. The minimum atomic E-state index is -1.09. The normalized spacial score (nSPS) is 27.7. The van der Waals surface area contributed by atoms with Crippen LogP contribution in [0.2, 0.25) is 0 Å². The van der Waals surface area contributed by atoms with Gasteiger partial charge in [0.1, 0.15) is 17.8 Å². The molecular weight excluding hydrogens is 355 g/mol. The zero-order valence-corrected chi connectivity index (χ0v) is 15.2. The van der Waals surface area contributed by atoms with Gasteiger partial charge >= 0.3 is 0 Å². The quantitative estimate of drug-likeness (QED) is 0.857. The Balaban J connectivity index is 1.58. The number of halogens is 3. The minimum Gasteiger partial charge on any atom is -0.326 e.